The fraction of sp³-hybridized carbons (Fsp3) is 1.00. The first-order valence-electron chi connectivity index (χ1n) is 6.62. The van der Waals surface area contributed by atoms with E-state index >= 15 is 0 Å². The minimum absolute atomic E-state index is 0.731. The van der Waals surface area contributed by atoms with Gasteiger partial charge in [-0.05, 0) is 12.8 Å². The van der Waals surface area contributed by atoms with E-state index in [-0.39, 0.29) is 0 Å². The molecule has 0 saturated carbocycles. The summed E-state index contributed by atoms with van der Waals surface area (Å²) in [5, 5.41) is 5.71. The molecule has 0 aliphatic carbocycles. The van der Waals surface area contributed by atoms with E-state index in [1.54, 1.807) is 5.06 Å². The average Bonchev–Trinajstić information content (AvgIpc) is 2.31. The van der Waals surface area contributed by atoms with Crippen LogP contribution in [0.1, 0.15) is 33.6 Å². The van der Waals surface area contributed by atoms with Crippen LogP contribution in [0, 0.1) is 0 Å². The first kappa shape index (κ1) is 16.8. The van der Waals surface area contributed by atoms with Crippen LogP contribution in [0.25, 0.3) is 0 Å². The van der Waals surface area contributed by atoms with Gasteiger partial charge in [-0.25, -0.2) is 4.94 Å². The zero-order valence-electron chi connectivity index (χ0n) is 12.1. The maximum absolute atomic E-state index is 5.79. The van der Waals surface area contributed by atoms with Crippen molar-refractivity contribution in [3.8, 4) is 0 Å². The van der Waals surface area contributed by atoms with Gasteiger partial charge in [0, 0.05) is 40.3 Å². The molecule has 0 heterocycles. The summed E-state index contributed by atoms with van der Waals surface area (Å²) in [6.45, 7) is 10.8. The lowest BCUT2D eigenvalue weighted by molar-refractivity contribution is -0.323. The fourth-order valence-electron chi connectivity index (χ4n) is 1.43. The van der Waals surface area contributed by atoms with Crippen LogP contribution in [0.4, 0.5) is 0 Å². The third kappa shape index (κ3) is 9.50. The van der Waals surface area contributed by atoms with E-state index < -0.39 is 0 Å². The van der Waals surface area contributed by atoms with Gasteiger partial charge in [-0.1, -0.05) is 20.8 Å². The van der Waals surface area contributed by atoms with Gasteiger partial charge < -0.3 is 0 Å². The van der Waals surface area contributed by atoms with E-state index in [4.69, 9.17) is 9.78 Å². The highest BCUT2D eigenvalue weighted by Crippen LogP contribution is 2.00. The number of rotatable bonds is 11. The second-order valence-corrected chi connectivity index (χ2v) is 4.12. The molecule has 0 fully saturated rings. The van der Waals surface area contributed by atoms with Crippen LogP contribution in [0.3, 0.4) is 0 Å². The Morgan fingerprint density at radius 2 is 1.53 bits per heavy atom. The molecule has 0 amide bonds. The van der Waals surface area contributed by atoms with Crippen molar-refractivity contribution in [2.75, 3.05) is 46.9 Å². The maximum Gasteiger partial charge on any atom is 0.0697 e. The van der Waals surface area contributed by atoms with E-state index in [1.807, 2.05) is 24.2 Å². The van der Waals surface area contributed by atoms with Gasteiger partial charge in [0.25, 0.3) is 0 Å². The molecule has 0 aliphatic rings. The van der Waals surface area contributed by atoms with Crippen molar-refractivity contribution in [3.05, 3.63) is 0 Å². The van der Waals surface area contributed by atoms with E-state index in [0.29, 0.717) is 0 Å². The van der Waals surface area contributed by atoms with Gasteiger partial charge in [0.05, 0.1) is 6.61 Å². The first-order valence-corrected chi connectivity index (χ1v) is 6.62. The van der Waals surface area contributed by atoms with Crippen LogP contribution in [-0.4, -0.2) is 62.1 Å². The Kier molecular flexibility index (Phi) is 10.8. The van der Waals surface area contributed by atoms with Crippen molar-refractivity contribution < 1.29 is 9.78 Å². The molecule has 0 aliphatic heterocycles. The van der Waals surface area contributed by atoms with E-state index in [2.05, 4.69) is 20.8 Å². The third-order valence-corrected chi connectivity index (χ3v) is 2.31. The molecular weight excluding hydrogens is 218 g/mol. The van der Waals surface area contributed by atoms with Crippen LogP contribution in [0.2, 0.25) is 0 Å². The highest BCUT2D eigenvalue weighted by Gasteiger charge is 2.08. The zero-order chi connectivity index (χ0) is 13.1. The lowest BCUT2D eigenvalue weighted by Crippen LogP contribution is -2.36. The highest BCUT2D eigenvalue weighted by molar-refractivity contribution is 4.46. The number of hydroxylamine groups is 6. The molecule has 0 saturated heterocycles. The summed E-state index contributed by atoms with van der Waals surface area (Å²) < 4.78 is 0. The largest absolute Gasteiger partial charge is 0.299 e. The van der Waals surface area contributed by atoms with Crippen LogP contribution in [0.15, 0.2) is 0 Å². The summed E-state index contributed by atoms with van der Waals surface area (Å²) in [4.78, 5) is 11.2. The van der Waals surface area contributed by atoms with Gasteiger partial charge in [0.15, 0.2) is 0 Å². The van der Waals surface area contributed by atoms with Crippen molar-refractivity contribution in [2.45, 2.75) is 33.6 Å². The first-order chi connectivity index (χ1) is 8.13. The number of hydrogen-bond donors (Lipinski definition) is 0. The van der Waals surface area contributed by atoms with Crippen LogP contribution in [-0.2, 0) is 9.78 Å². The Labute approximate surface area is 106 Å². The molecule has 0 spiro atoms. The van der Waals surface area contributed by atoms with E-state index in [9.17, 15) is 0 Å². The van der Waals surface area contributed by atoms with Crippen molar-refractivity contribution in [1.82, 2.24) is 15.2 Å². The lowest BCUT2D eigenvalue weighted by Gasteiger charge is -2.27. The maximum atomic E-state index is 5.79. The highest BCUT2D eigenvalue weighted by atomic mass is 16.8. The minimum atomic E-state index is 0.731. The van der Waals surface area contributed by atoms with Crippen LogP contribution >= 0.6 is 0 Å². The molecule has 0 N–H and O–H groups in total. The minimum Gasteiger partial charge on any atom is -0.299 e. The summed E-state index contributed by atoms with van der Waals surface area (Å²) in [5.41, 5.74) is 0. The topological polar surface area (TPSA) is 28.2 Å². The molecule has 0 radical (unpaired) electrons. The molecule has 5 heteroatoms. The predicted octanol–water partition coefficient (Wildman–Crippen LogP) is 1.77. The van der Waals surface area contributed by atoms with E-state index in [1.165, 1.54) is 0 Å². The standard InChI is InChI=1S/C12H29N3O2/c1-6-10-15(17-14(7-2)8-3)11-9-12-16-13(4)5/h6-12H2,1-5H3. The third-order valence-electron chi connectivity index (χ3n) is 2.31. The van der Waals surface area contributed by atoms with Gasteiger partial charge >= 0.3 is 0 Å². The Morgan fingerprint density at radius 3 is 2.00 bits per heavy atom. The fourth-order valence-corrected chi connectivity index (χ4v) is 1.43. The Balaban J connectivity index is 3.80. The predicted molar refractivity (Wildman–Crippen MR) is 70.1 cm³/mol. The summed E-state index contributed by atoms with van der Waals surface area (Å²) in [7, 11) is 3.80. The molecule has 0 unspecified atom stereocenters. The van der Waals surface area contributed by atoms with Crippen molar-refractivity contribution >= 4 is 0 Å². The molecule has 17 heavy (non-hydrogen) atoms. The molecule has 0 aromatic heterocycles. The molecule has 0 rings (SSSR count). The SMILES string of the molecule is CCCN(CCCON(C)C)ON(CC)CC. The van der Waals surface area contributed by atoms with Gasteiger partial charge in [-0.3, -0.25) is 4.84 Å². The molecule has 0 atom stereocenters. The average molecular weight is 247 g/mol. The van der Waals surface area contributed by atoms with Crippen molar-refractivity contribution in [3.63, 3.8) is 0 Å². The van der Waals surface area contributed by atoms with Gasteiger partial charge in [0.1, 0.15) is 0 Å². The molecule has 0 aromatic rings. The monoisotopic (exact) mass is 247 g/mol. The van der Waals surface area contributed by atoms with Crippen molar-refractivity contribution in [2.24, 2.45) is 0 Å². The number of nitrogens with zero attached hydrogens (tertiary/aromatic N) is 3. The molecule has 104 valence electrons. The Bertz CT molecular complexity index is 164. The molecule has 5 nitrogen and oxygen atoms in total. The molecular formula is C12H29N3O2. The Hall–Kier alpha value is -0.200. The van der Waals surface area contributed by atoms with Gasteiger partial charge in [-0.2, -0.15) is 15.2 Å². The Morgan fingerprint density at radius 1 is 0.882 bits per heavy atom. The quantitative estimate of drug-likeness (QED) is 0.410. The lowest BCUT2D eigenvalue weighted by atomic mass is 10.4. The summed E-state index contributed by atoms with van der Waals surface area (Å²) in [5.74, 6) is 0. The number of hydrogen-bond acceptors (Lipinski definition) is 5. The second-order valence-electron chi connectivity index (χ2n) is 4.12. The summed E-state index contributed by atoms with van der Waals surface area (Å²) in [6.07, 6.45) is 2.06. The van der Waals surface area contributed by atoms with E-state index in [0.717, 1.165) is 45.6 Å². The van der Waals surface area contributed by atoms with Crippen molar-refractivity contribution in [1.29, 1.82) is 0 Å². The summed E-state index contributed by atoms with van der Waals surface area (Å²) >= 11 is 0. The zero-order valence-corrected chi connectivity index (χ0v) is 12.1. The van der Waals surface area contributed by atoms with Crippen LogP contribution in [0.5, 0.6) is 0 Å². The molecule has 0 aromatic carbocycles. The smallest absolute Gasteiger partial charge is 0.0697 e. The normalized spacial score (nSPS) is 12.0. The van der Waals surface area contributed by atoms with Gasteiger partial charge in [0.2, 0.25) is 0 Å². The molecule has 0 bridgehead atoms. The summed E-state index contributed by atoms with van der Waals surface area (Å²) in [6, 6.07) is 0. The van der Waals surface area contributed by atoms with Gasteiger partial charge in [-0.15, -0.1) is 0 Å². The van der Waals surface area contributed by atoms with Crippen LogP contribution < -0.4 is 0 Å². The second kappa shape index (κ2) is 10.9.